The van der Waals surface area contributed by atoms with Crippen LogP contribution < -0.4 is 10.1 Å². The van der Waals surface area contributed by atoms with E-state index in [1.807, 2.05) is 0 Å². The first-order valence-corrected chi connectivity index (χ1v) is 21.6. The van der Waals surface area contributed by atoms with E-state index in [2.05, 4.69) is 11.9 Å². The van der Waals surface area contributed by atoms with Gasteiger partial charge in [-0.15, -0.1) is 0 Å². The molecule has 0 heterocycles. The number of hydrogen-bond acceptors (Lipinski definition) is 7. The van der Waals surface area contributed by atoms with Gasteiger partial charge in [-0.3, -0.25) is 5.32 Å². The number of nitrogens with one attached hydrogen (secondary N) is 1. The molecule has 0 aliphatic carbocycles. The summed E-state index contributed by atoms with van der Waals surface area (Å²) in [5.41, 5.74) is -2.26. The van der Waals surface area contributed by atoms with Gasteiger partial charge in [-0.1, -0.05) is 52.5 Å². The standard InChI is InChI=1S/C40H42F19NO7Si/c1-7-17-65-30(61)15-14-29(63-6)31(67-32(62)60-28-13-10-25(41)21-27(28)42)24-8-11-26(12-9-24)64-18-19-66-68(22(2)3,23(4)5)20-16-33(43,44)34(45,46)35(47,48)36(49,50)37(51,52)38(53,54)39(55,56)40(57,58)59/h7-15,21-23,29,31H,1,16-20H2,2-6H3,(H,60,62)/b15-14+/t29-,31-/m0/s1. The summed E-state index contributed by atoms with van der Waals surface area (Å²) < 4.78 is 291. The SMILES string of the molecule is C=CCOC(=O)/C=C/[C@H](OC)[C@@H](OC(=O)Nc1ccc(F)cc1F)c1ccc(OCCO[Si](CCC(F)(F)C(F)(F)C(F)(F)C(F)(F)C(F)(F)C(F)(F)C(F)(F)C(F)(F)F)(C(C)C)C(C)C)cc1. The third kappa shape index (κ3) is 12.2. The summed E-state index contributed by atoms with van der Waals surface area (Å²) in [5, 5.41) is 2.07. The molecule has 2 aromatic carbocycles. The van der Waals surface area contributed by atoms with Crippen LogP contribution >= 0.6 is 0 Å². The van der Waals surface area contributed by atoms with Crippen molar-refractivity contribution in [2.45, 2.75) is 111 Å². The number of ether oxygens (including phenoxy) is 4. The lowest BCUT2D eigenvalue weighted by atomic mass is 9.88. The first-order chi connectivity index (χ1) is 30.9. The first-order valence-electron chi connectivity index (χ1n) is 19.4. The van der Waals surface area contributed by atoms with Crippen LogP contribution in [0.25, 0.3) is 0 Å². The molecule has 8 nitrogen and oxygen atoms in total. The van der Waals surface area contributed by atoms with Gasteiger partial charge in [-0.05, 0) is 53.0 Å². The Kier molecular flexibility index (Phi) is 19.1. The van der Waals surface area contributed by atoms with E-state index in [0.717, 1.165) is 31.4 Å². The largest absolute Gasteiger partial charge is 0.491 e. The average Bonchev–Trinajstić information content (AvgIpc) is 3.22. The van der Waals surface area contributed by atoms with Crippen molar-refractivity contribution in [1.29, 1.82) is 0 Å². The third-order valence-corrected chi connectivity index (χ3v) is 15.9. The van der Waals surface area contributed by atoms with Crippen molar-refractivity contribution in [2.24, 2.45) is 0 Å². The molecule has 2 atom stereocenters. The lowest BCUT2D eigenvalue weighted by Gasteiger charge is -2.44. The molecular weight excluding hydrogens is 995 g/mol. The Morgan fingerprint density at radius 1 is 0.721 bits per heavy atom. The van der Waals surface area contributed by atoms with Gasteiger partial charge >= 0.3 is 59.7 Å². The molecule has 0 bridgehead atoms. The van der Waals surface area contributed by atoms with Gasteiger partial charge in [0.05, 0.1) is 12.3 Å². The fourth-order valence-electron chi connectivity index (χ4n) is 6.34. The number of benzene rings is 2. The molecule has 28 heteroatoms. The highest BCUT2D eigenvalue weighted by atomic mass is 28.4. The van der Waals surface area contributed by atoms with Gasteiger partial charge < -0.3 is 23.4 Å². The normalized spacial score (nSPS) is 14.9. The highest BCUT2D eigenvalue weighted by Gasteiger charge is 2.95. The smallest absolute Gasteiger partial charge is 0.460 e. The number of alkyl halides is 17. The fraction of sp³-hybridized carbons (Fsp3) is 0.550. The summed E-state index contributed by atoms with van der Waals surface area (Å²) >= 11 is 0. The number of amides is 1. The highest BCUT2D eigenvalue weighted by molar-refractivity contribution is 6.76. The maximum atomic E-state index is 15.0. The van der Waals surface area contributed by atoms with E-state index in [1.165, 1.54) is 58.0 Å². The van der Waals surface area contributed by atoms with Crippen LogP contribution in [0.1, 0.15) is 45.8 Å². The summed E-state index contributed by atoms with van der Waals surface area (Å²) in [6, 6.07) is 5.86. The molecule has 68 heavy (non-hydrogen) atoms. The molecule has 2 rings (SSSR count). The molecule has 386 valence electrons. The van der Waals surface area contributed by atoms with E-state index in [0.29, 0.717) is 6.07 Å². The Labute approximate surface area is 375 Å². The number of methoxy groups -OCH3 is 1. The van der Waals surface area contributed by atoms with Crippen LogP contribution in [0.5, 0.6) is 5.75 Å². The zero-order valence-corrected chi connectivity index (χ0v) is 36.9. The molecular formula is C40H42F19NO7Si. The second kappa shape index (κ2) is 21.9. The molecule has 0 saturated heterocycles. The van der Waals surface area contributed by atoms with Crippen LogP contribution in [-0.4, -0.2) is 101 Å². The van der Waals surface area contributed by atoms with Gasteiger partial charge in [0, 0.05) is 25.7 Å². The summed E-state index contributed by atoms with van der Waals surface area (Å²) in [4.78, 5) is 24.9. The minimum Gasteiger partial charge on any atom is -0.491 e. The van der Waals surface area contributed by atoms with Gasteiger partial charge in [0.25, 0.3) is 0 Å². The first kappa shape index (κ1) is 59.4. The fourth-order valence-corrected chi connectivity index (χ4v) is 10.8. The Morgan fingerprint density at radius 3 is 1.71 bits per heavy atom. The molecule has 0 spiro atoms. The lowest BCUT2D eigenvalue weighted by Crippen LogP contribution is -2.74. The topological polar surface area (TPSA) is 92.3 Å². The number of carbonyl (C=O) groups excluding carboxylic acids is 2. The minimum absolute atomic E-state index is 0.0162. The van der Waals surface area contributed by atoms with Crippen LogP contribution in [-0.2, 0) is 23.4 Å². The zero-order chi connectivity index (χ0) is 52.7. The number of esters is 1. The zero-order valence-electron chi connectivity index (χ0n) is 35.9. The molecule has 2 aromatic rings. The van der Waals surface area contributed by atoms with Crippen molar-refractivity contribution in [2.75, 3.05) is 32.2 Å². The minimum atomic E-state index is -8.73. The Hall–Kier alpha value is -4.73. The second-order valence-electron chi connectivity index (χ2n) is 15.2. The molecule has 0 saturated carbocycles. The van der Waals surface area contributed by atoms with Crippen molar-refractivity contribution < 1.29 is 116 Å². The summed E-state index contributed by atoms with van der Waals surface area (Å²) in [6.45, 7) is 7.18. The lowest BCUT2D eigenvalue weighted by molar-refractivity contribution is -0.461. The summed E-state index contributed by atoms with van der Waals surface area (Å²) in [7, 11) is -2.93. The number of carbonyl (C=O) groups is 2. The van der Waals surface area contributed by atoms with Gasteiger partial charge in [0.15, 0.2) is 14.4 Å². The third-order valence-electron chi connectivity index (χ3n) is 10.2. The number of hydrogen-bond donors (Lipinski definition) is 1. The van der Waals surface area contributed by atoms with E-state index < -0.39 is 134 Å². The van der Waals surface area contributed by atoms with Gasteiger partial charge in [-0.2, -0.15) is 74.6 Å². The van der Waals surface area contributed by atoms with Crippen LogP contribution in [0.4, 0.5) is 93.9 Å². The number of anilines is 1. The second-order valence-corrected chi connectivity index (χ2v) is 20.2. The van der Waals surface area contributed by atoms with Crippen LogP contribution in [0, 0.1) is 11.6 Å². The average molecular weight is 1040 g/mol. The summed E-state index contributed by atoms with van der Waals surface area (Å²) in [6.07, 6.45) is -11.2. The van der Waals surface area contributed by atoms with Crippen molar-refractivity contribution in [3.8, 4) is 5.75 Å². The predicted octanol–water partition coefficient (Wildman–Crippen LogP) is 13.1. The van der Waals surface area contributed by atoms with Gasteiger partial charge in [0.1, 0.15) is 36.7 Å². The van der Waals surface area contributed by atoms with E-state index in [9.17, 15) is 84.2 Å². The quantitative estimate of drug-likeness (QED) is 0.0264. The van der Waals surface area contributed by atoms with E-state index in [4.69, 9.17) is 23.4 Å². The maximum absolute atomic E-state index is 15.0. The molecule has 0 aliphatic rings. The Bertz CT molecular complexity index is 2040. The number of rotatable bonds is 25. The number of halogens is 19. The van der Waals surface area contributed by atoms with E-state index in [-0.39, 0.29) is 17.9 Å². The van der Waals surface area contributed by atoms with Crippen molar-refractivity contribution in [3.63, 3.8) is 0 Å². The predicted molar refractivity (Wildman–Crippen MR) is 204 cm³/mol. The highest BCUT2D eigenvalue weighted by Crippen LogP contribution is 2.64. The van der Waals surface area contributed by atoms with Crippen LogP contribution in [0.2, 0.25) is 17.1 Å². The molecule has 0 fully saturated rings. The molecule has 0 aromatic heterocycles. The van der Waals surface area contributed by atoms with Crippen molar-refractivity contribution in [1.82, 2.24) is 0 Å². The van der Waals surface area contributed by atoms with Crippen molar-refractivity contribution >= 4 is 26.1 Å². The molecule has 1 amide bonds. The van der Waals surface area contributed by atoms with E-state index in [1.54, 1.807) is 0 Å². The molecule has 0 aliphatic heterocycles. The summed E-state index contributed by atoms with van der Waals surface area (Å²) in [5.74, 6) is -60.1. The molecule has 0 unspecified atom stereocenters. The Balaban J connectivity index is 2.34. The van der Waals surface area contributed by atoms with Gasteiger partial charge in [0.2, 0.25) is 0 Å². The van der Waals surface area contributed by atoms with Crippen LogP contribution in [0.15, 0.2) is 67.3 Å². The maximum Gasteiger partial charge on any atom is 0.460 e. The Morgan fingerprint density at radius 2 is 1.24 bits per heavy atom. The van der Waals surface area contributed by atoms with E-state index >= 15 is 8.78 Å². The van der Waals surface area contributed by atoms with Crippen LogP contribution in [0.3, 0.4) is 0 Å². The van der Waals surface area contributed by atoms with Crippen molar-refractivity contribution in [3.05, 3.63) is 84.5 Å². The molecule has 1 N–H and O–H groups in total. The van der Waals surface area contributed by atoms with Gasteiger partial charge in [-0.25, -0.2) is 18.4 Å². The monoisotopic (exact) mass is 1040 g/mol. The molecule has 0 radical (unpaired) electrons.